The van der Waals surface area contributed by atoms with E-state index >= 15 is 0 Å². The molecular weight excluding hydrogens is 290 g/mol. The highest BCUT2D eigenvalue weighted by atomic mass is 32.2. The zero-order valence-electron chi connectivity index (χ0n) is 12.6. The monoisotopic (exact) mass is 313 g/mol. The molecule has 1 aromatic rings. The molecule has 2 rings (SSSR count). The lowest BCUT2D eigenvalue weighted by atomic mass is 10.0. The van der Waals surface area contributed by atoms with Crippen molar-refractivity contribution in [3.05, 3.63) is 23.8 Å². The number of piperidine rings is 1. The Morgan fingerprint density at radius 2 is 2.14 bits per heavy atom. The number of aliphatic hydroxyl groups is 1. The Bertz CT molecular complexity index is 585. The molecule has 118 valence electrons. The number of methoxy groups -OCH3 is 1. The summed E-state index contributed by atoms with van der Waals surface area (Å²) < 4.78 is 32.7. The van der Waals surface area contributed by atoms with Crippen molar-refractivity contribution < 1.29 is 18.3 Å². The molecule has 1 aromatic carbocycles. The van der Waals surface area contributed by atoms with E-state index in [0.29, 0.717) is 17.9 Å². The van der Waals surface area contributed by atoms with Crippen molar-refractivity contribution in [3.63, 3.8) is 0 Å². The summed E-state index contributed by atoms with van der Waals surface area (Å²) in [6, 6.07) is 4.80. The van der Waals surface area contributed by atoms with Crippen LogP contribution in [0.5, 0.6) is 5.75 Å². The molecule has 1 N–H and O–H groups in total. The number of rotatable bonds is 5. The number of hydrogen-bond donors (Lipinski definition) is 1. The van der Waals surface area contributed by atoms with Crippen molar-refractivity contribution in [2.75, 3.05) is 13.7 Å². The van der Waals surface area contributed by atoms with Crippen molar-refractivity contribution in [3.8, 4) is 5.75 Å². The standard InChI is InChI=1S/C15H23NO4S/c1-3-13-6-4-5-9-16(13)21(18,19)15-8-7-12(11-17)10-14(15)20-2/h7-8,10,13,17H,3-6,9,11H2,1-2H3. The molecule has 0 amide bonds. The van der Waals surface area contributed by atoms with Gasteiger partial charge in [0.15, 0.2) is 0 Å². The van der Waals surface area contributed by atoms with Gasteiger partial charge in [0.2, 0.25) is 10.0 Å². The molecule has 21 heavy (non-hydrogen) atoms. The Hall–Kier alpha value is -1.11. The van der Waals surface area contributed by atoms with Crippen molar-refractivity contribution in [2.24, 2.45) is 0 Å². The van der Waals surface area contributed by atoms with Crippen molar-refractivity contribution in [1.82, 2.24) is 4.31 Å². The average molecular weight is 313 g/mol. The maximum Gasteiger partial charge on any atom is 0.247 e. The van der Waals surface area contributed by atoms with Crippen LogP contribution in [0.25, 0.3) is 0 Å². The van der Waals surface area contributed by atoms with E-state index in [2.05, 4.69) is 0 Å². The third-order valence-corrected chi connectivity index (χ3v) is 6.03. The van der Waals surface area contributed by atoms with Crippen molar-refractivity contribution in [1.29, 1.82) is 0 Å². The summed E-state index contributed by atoms with van der Waals surface area (Å²) in [7, 11) is -2.12. The summed E-state index contributed by atoms with van der Waals surface area (Å²) in [5.41, 5.74) is 0.636. The van der Waals surface area contributed by atoms with Gasteiger partial charge in [-0.05, 0) is 37.0 Å². The smallest absolute Gasteiger partial charge is 0.247 e. The predicted molar refractivity (Wildman–Crippen MR) is 80.7 cm³/mol. The molecular formula is C15H23NO4S. The van der Waals surface area contributed by atoms with E-state index < -0.39 is 10.0 Å². The van der Waals surface area contributed by atoms with E-state index in [1.807, 2.05) is 6.92 Å². The Kier molecular flexibility index (Phi) is 5.24. The second-order valence-electron chi connectivity index (χ2n) is 5.32. The SMILES string of the molecule is CCC1CCCCN1S(=O)(=O)c1ccc(CO)cc1OC. The number of benzene rings is 1. The van der Waals surface area contributed by atoms with E-state index in [1.165, 1.54) is 13.2 Å². The first-order valence-electron chi connectivity index (χ1n) is 7.34. The molecule has 1 atom stereocenters. The maximum atomic E-state index is 12.9. The third-order valence-electron chi connectivity index (χ3n) is 4.04. The van der Waals surface area contributed by atoms with Crippen LogP contribution in [0.3, 0.4) is 0 Å². The van der Waals surface area contributed by atoms with Gasteiger partial charge >= 0.3 is 0 Å². The summed E-state index contributed by atoms with van der Waals surface area (Å²) in [4.78, 5) is 0.183. The number of ether oxygens (including phenoxy) is 1. The Balaban J connectivity index is 2.43. The summed E-state index contributed by atoms with van der Waals surface area (Å²) in [5, 5.41) is 9.16. The second-order valence-corrected chi connectivity index (χ2v) is 7.18. The highest BCUT2D eigenvalue weighted by Crippen LogP contribution is 2.32. The van der Waals surface area contributed by atoms with E-state index in [0.717, 1.165) is 25.7 Å². The molecule has 1 saturated heterocycles. The zero-order chi connectivity index (χ0) is 15.5. The van der Waals surface area contributed by atoms with Crippen LogP contribution in [0.4, 0.5) is 0 Å². The van der Waals surface area contributed by atoms with E-state index in [9.17, 15) is 8.42 Å². The first kappa shape index (κ1) is 16.3. The number of aliphatic hydroxyl groups excluding tert-OH is 1. The molecule has 1 heterocycles. The molecule has 0 bridgehead atoms. The maximum absolute atomic E-state index is 12.9. The lowest BCUT2D eigenvalue weighted by Crippen LogP contribution is -2.43. The molecule has 5 nitrogen and oxygen atoms in total. The van der Waals surface area contributed by atoms with Gasteiger partial charge in [-0.2, -0.15) is 4.31 Å². The highest BCUT2D eigenvalue weighted by Gasteiger charge is 2.34. The first-order valence-corrected chi connectivity index (χ1v) is 8.78. The van der Waals surface area contributed by atoms with E-state index in [1.54, 1.807) is 16.4 Å². The van der Waals surface area contributed by atoms with E-state index in [4.69, 9.17) is 9.84 Å². The molecule has 0 spiro atoms. The van der Waals surface area contributed by atoms with Crippen LogP contribution in [0.1, 0.15) is 38.2 Å². The molecule has 1 aliphatic rings. The van der Waals surface area contributed by atoms with Gasteiger partial charge in [0.1, 0.15) is 10.6 Å². The highest BCUT2D eigenvalue weighted by molar-refractivity contribution is 7.89. The zero-order valence-corrected chi connectivity index (χ0v) is 13.4. The van der Waals surface area contributed by atoms with Gasteiger partial charge in [-0.25, -0.2) is 8.42 Å². The second kappa shape index (κ2) is 6.77. The lowest BCUT2D eigenvalue weighted by molar-refractivity contribution is 0.245. The Morgan fingerprint density at radius 1 is 1.38 bits per heavy atom. The van der Waals surface area contributed by atoms with Crippen LogP contribution in [0.15, 0.2) is 23.1 Å². The quantitative estimate of drug-likeness (QED) is 0.904. The van der Waals surface area contributed by atoms with Gasteiger partial charge < -0.3 is 9.84 Å². The first-order chi connectivity index (χ1) is 10.0. The number of hydrogen-bond acceptors (Lipinski definition) is 4. The van der Waals surface area contributed by atoms with Crippen LogP contribution in [-0.4, -0.2) is 37.5 Å². The molecule has 6 heteroatoms. The van der Waals surface area contributed by atoms with Crippen LogP contribution in [-0.2, 0) is 16.6 Å². The number of sulfonamides is 1. The minimum absolute atomic E-state index is 0.0611. The summed E-state index contributed by atoms with van der Waals surface area (Å²) in [5.74, 6) is 0.293. The minimum Gasteiger partial charge on any atom is -0.495 e. The van der Waals surface area contributed by atoms with Crippen LogP contribution in [0.2, 0.25) is 0 Å². The molecule has 1 fully saturated rings. The van der Waals surface area contributed by atoms with Crippen molar-refractivity contribution in [2.45, 2.75) is 50.2 Å². The fourth-order valence-corrected chi connectivity index (χ4v) is 4.75. The van der Waals surface area contributed by atoms with Crippen molar-refractivity contribution >= 4 is 10.0 Å². The van der Waals surface area contributed by atoms with Gasteiger partial charge in [-0.3, -0.25) is 0 Å². The van der Waals surface area contributed by atoms with Gasteiger partial charge in [-0.15, -0.1) is 0 Å². The molecule has 1 aliphatic heterocycles. The van der Waals surface area contributed by atoms with Gasteiger partial charge in [0, 0.05) is 12.6 Å². The summed E-state index contributed by atoms with van der Waals surface area (Å²) in [6.07, 6.45) is 3.70. The predicted octanol–water partition coefficient (Wildman–Crippen LogP) is 2.14. The molecule has 1 unspecified atom stereocenters. The lowest BCUT2D eigenvalue weighted by Gasteiger charge is -2.34. The summed E-state index contributed by atoms with van der Waals surface area (Å²) in [6.45, 7) is 2.44. The molecule has 0 aliphatic carbocycles. The average Bonchev–Trinajstić information content (AvgIpc) is 2.53. The minimum atomic E-state index is -3.56. The molecule has 0 radical (unpaired) electrons. The van der Waals surface area contributed by atoms with Gasteiger partial charge in [-0.1, -0.05) is 19.4 Å². The third kappa shape index (κ3) is 3.22. The molecule has 0 aromatic heterocycles. The normalized spacial score (nSPS) is 20.4. The topological polar surface area (TPSA) is 66.8 Å². The number of nitrogens with zero attached hydrogens (tertiary/aromatic N) is 1. The van der Waals surface area contributed by atoms with Crippen LogP contribution < -0.4 is 4.74 Å². The van der Waals surface area contributed by atoms with E-state index in [-0.39, 0.29) is 17.5 Å². The van der Waals surface area contributed by atoms with Crippen LogP contribution in [0, 0.1) is 0 Å². The Labute approximate surface area is 126 Å². The fraction of sp³-hybridized carbons (Fsp3) is 0.600. The summed E-state index contributed by atoms with van der Waals surface area (Å²) >= 11 is 0. The van der Waals surface area contributed by atoms with Crippen LogP contribution >= 0.6 is 0 Å². The Morgan fingerprint density at radius 3 is 2.76 bits per heavy atom. The van der Waals surface area contributed by atoms with Gasteiger partial charge in [0.25, 0.3) is 0 Å². The largest absolute Gasteiger partial charge is 0.495 e. The fourth-order valence-electron chi connectivity index (χ4n) is 2.85. The molecule has 0 saturated carbocycles. The van der Waals surface area contributed by atoms with Gasteiger partial charge in [0.05, 0.1) is 13.7 Å².